The number of aromatic nitrogens is 7. The third-order valence-corrected chi connectivity index (χ3v) is 46.7. The molecule has 0 spiro atoms. The third-order valence-electron chi connectivity index (χ3n) is 24.1. The summed E-state index contributed by atoms with van der Waals surface area (Å²) < 4.78 is 23.1. The molecule has 4 rings (SSSR count). The number of allylic oxidation sites excluding steroid dienone is 2. The maximum Gasteiger partial charge on any atom is 0.336 e. The fourth-order valence-corrected chi connectivity index (χ4v) is 43.7. The molecule has 0 bridgehead atoms. The second kappa shape index (κ2) is 80.8. The number of rotatable bonds is 76. The van der Waals surface area contributed by atoms with Gasteiger partial charge in [0, 0.05) is 153 Å². The zero-order valence-corrected chi connectivity index (χ0v) is 95.7. The number of amides is 12. The molecule has 854 valence electrons. The number of H-pyrrole nitrogens is 2. The van der Waals surface area contributed by atoms with Crippen molar-refractivity contribution in [3.63, 3.8) is 0 Å². The molecule has 4 heterocycles. The first-order valence-corrected chi connectivity index (χ1v) is 71.4. The van der Waals surface area contributed by atoms with Crippen molar-refractivity contribution >= 4 is 109 Å². The van der Waals surface area contributed by atoms with E-state index in [0.29, 0.717) is 146 Å². The van der Waals surface area contributed by atoms with Crippen LogP contribution in [0.5, 0.6) is 0 Å². The molecule has 12 amide bonds. The van der Waals surface area contributed by atoms with E-state index in [4.69, 9.17) is 12.3 Å². The van der Waals surface area contributed by atoms with Gasteiger partial charge in [-0.25, -0.2) is 71.8 Å². The van der Waals surface area contributed by atoms with Gasteiger partial charge < -0.3 is 91.4 Å². The van der Waals surface area contributed by atoms with Crippen LogP contribution in [0.1, 0.15) is 300 Å². The lowest BCUT2D eigenvalue weighted by Crippen LogP contribution is -2.54. The Morgan fingerprint density at radius 2 is 0.568 bits per heavy atom. The van der Waals surface area contributed by atoms with E-state index >= 15 is 0 Å². The molecule has 1 aliphatic rings. The van der Waals surface area contributed by atoms with E-state index in [2.05, 4.69) is 186 Å². The lowest BCUT2D eigenvalue weighted by Gasteiger charge is -2.34. The van der Waals surface area contributed by atoms with Crippen molar-refractivity contribution in [2.24, 2.45) is 12.0 Å². The van der Waals surface area contributed by atoms with Crippen molar-refractivity contribution in [1.82, 2.24) is 103 Å². The first kappa shape index (κ1) is 145. The van der Waals surface area contributed by atoms with Gasteiger partial charge in [-0.1, -0.05) is 154 Å². The van der Waals surface area contributed by atoms with E-state index < -0.39 is 73.0 Å². The molecule has 44 heteroatoms. The second-order valence-corrected chi connectivity index (χ2v) is 68.0. The molecule has 0 aliphatic carbocycles. The number of carbonyl (C=O) groups is 9. The van der Waals surface area contributed by atoms with Gasteiger partial charge in [0.2, 0.25) is 0 Å². The van der Waals surface area contributed by atoms with Gasteiger partial charge in [0.05, 0.1) is 19.3 Å². The van der Waals surface area contributed by atoms with E-state index in [0.717, 1.165) is 209 Å². The van der Waals surface area contributed by atoms with Crippen molar-refractivity contribution in [3.05, 3.63) is 111 Å². The fraction of sp³-hybridized carbons (Fsp3) is 0.760. The number of amidine groups is 1. The molecule has 0 aromatic carbocycles. The first-order valence-electron chi connectivity index (χ1n) is 52.7. The number of carbonyl (C=O) groups excluding carboxylic acids is 9. The summed E-state index contributed by atoms with van der Waals surface area (Å²) in [6, 6.07) is 7.13. The normalized spacial score (nSPS) is 11.9. The van der Waals surface area contributed by atoms with Crippen LogP contribution in [0.4, 0.5) is 28.8 Å². The molecule has 1 aliphatic heterocycles. The zero-order chi connectivity index (χ0) is 105. The molecule has 0 fully saturated rings. The second-order valence-electron chi connectivity index (χ2n) is 41.5. The predicted octanol–water partition coefficient (Wildman–Crippen LogP) is 18.3. The highest BCUT2D eigenvalue weighted by molar-refractivity contribution is 6.86. The number of ketones is 3. The maximum absolute atomic E-state index is 13.4. The zero-order valence-electron chi connectivity index (χ0n) is 89.7. The van der Waals surface area contributed by atoms with Crippen LogP contribution in [0.3, 0.4) is 0 Å². The molecular formula is C104H207N21O17Si6. The summed E-state index contributed by atoms with van der Waals surface area (Å²) in [5.41, 5.74) is 0.148. The van der Waals surface area contributed by atoms with Gasteiger partial charge in [-0.05, 0) is 238 Å². The Kier molecular flexibility index (Phi) is 79.2. The Morgan fingerprint density at radius 3 is 0.845 bits per heavy atom. The predicted molar refractivity (Wildman–Crippen MR) is 624 cm³/mol. The van der Waals surface area contributed by atoms with E-state index in [1.807, 2.05) is 13.0 Å². The fourth-order valence-electron chi connectivity index (χ4n) is 17.2. The summed E-state index contributed by atoms with van der Waals surface area (Å²) in [7, 11) is -10.5. The van der Waals surface area contributed by atoms with Gasteiger partial charge in [0.1, 0.15) is 34.8 Å². The van der Waals surface area contributed by atoms with Crippen LogP contribution in [0.2, 0.25) is 115 Å². The topological polar surface area (TPSA) is 508 Å². The Balaban J connectivity index is -0.00000168. The first-order chi connectivity index (χ1) is 67.2. The summed E-state index contributed by atoms with van der Waals surface area (Å²) in [5, 5.41) is 38.1. The molecule has 3 aromatic heterocycles. The van der Waals surface area contributed by atoms with Gasteiger partial charge in [0.15, 0.2) is 49.9 Å². The summed E-state index contributed by atoms with van der Waals surface area (Å²) in [5.74, 6) is 1.82. The van der Waals surface area contributed by atoms with Crippen molar-refractivity contribution in [2.45, 2.75) is 431 Å². The average Bonchev–Trinajstić information content (AvgIpc) is 0.789. The molecular weight excluding hydrogens is 1980 g/mol. The number of urea groups is 6. The van der Waals surface area contributed by atoms with E-state index in [-0.39, 0.29) is 136 Å². The van der Waals surface area contributed by atoms with Crippen LogP contribution < -0.4 is 97.3 Å². The van der Waals surface area contributed by atoms with Gasteiger partial charge in [-0.2, -0.15) is 0 Å². The minimum absolute atomic E-state index is 0. The monoisotopic (exact) mass is 2190 g/mol. The molecule has 0 radical (unpaired) electrons. The summed E-state index contributed by atoms with van der Waals surface area (Å²) in [6.45, 7) is 44.5. The molecule has 0 saturated heterocycles. The Bertz CT molecular complexity index is 4710. The van der Waals surface area contributed by atoms with Gasteiger partial charge >= 0.3 is 53.3 Å². The molecule has 38 nitrogen and oxygen atoms in total. The third kappa shape index (κ3) is 73.2. The van der Waals surface area contributed by atoms with Crippen molar-refractivity contribution in [1.29, 1.82) is 0 Å². The van der Waals surface area contributed by atoms with Crippen molar-refractivity contribution < 1.29 is 55.5 Å². The molecule has 0 atom stereocenters. The lowest BCUT2D eigenvalue weighted by atomic mass is 10.1. The van der Waals surface area contributed by atoms with Crippen LogP contribution >= 0.6 is 0 Å². The van der Waals surface area contributed by atoms with Crippen LogP contribution in [-0.4, -0.2) is 221 Å². The number of unbranched alkanes of at least 4 members (excludes halogenated alkanes) is 19. The highest BCUT2D eigenvalue weighted by Gasteiger charge is 2.36. The highest BCUT2D eigenvalue weighted by atomic mass is 28.4. The summed E-state index contributed by atoms with van der Waals surface area (Å²) >= 11 is 0. The Morgan fingerprint density at radius 1 is 0.324 bits per heavy atom. The molecule has 148 heavy (non-hydrogen) atoms. The largest absolute Gasteiger partial charge is 0.455 e. The molecule has 15 N–H and O–H groups in total. The van der Waals surface area contributed by atoms with Gasteiger partial charge in [-0.15, -0.1) is 0 Å². The summed E-state index contributed by atoms with van der Waals surface area (Å²) in [4.78, 5) is 191. The van der Waals surface area contributed by atoms with Crippen molar-refractivity contribution in [3.8, 4) is 0 Å². The van der Waals surface area contributed by atoms with Gasteiger partial charge in [0.25, 0.3) is 11.1 Å². The minimum Gasteiger partial charge on any atom is -0.455 e. The number of aryl methyl sites for hydroxylation is 2. The SMILES string of the molecule is C.C.C.C.C.C.C=C1C=C(C)N=C(CC(=O)CCCCCCCNC(=O)NCCC[Si](C)(C)O[Si](C)(C)CCCNC(=O)NCCCCCCn2c(=O)n(C)c(=O)n(CCNC(=O)NCCC[Si](C)(C)O[Si](C)(C)CCCNC(=O)NCCCCCCCC(=O)Cc3nc(C)cc(=O)[nH]3)c2=O)N1.CCCCCCCNC(=O)NCCC[Si](C)(C)O[Si](C)(C)CCCNC(=O)NCCCCCCCC(=O)Cc1nc(C)cc(=O)[nH]1. The number of hydrogen-bond donors (Lipinski definition) is 15. The Hall–Kier alpha value is -9.07. The van der Waals surface area contributed by atoms with Crippen molar-refractivity contribution in [2.75, 3.05) is 78.5 Å². The average molecular weight is 2190 g/mol. The number of hydrogen-bond acceptors (Lipinski definition) is 21. The van der Waals surface area contributed by atoms with Crippen LogP contribution in [0, 0.1) is 13.8 Å². The molecule has 3 aromatic rings. The van der Waals surface area contributed by atoms with E-state index in [1.165, 1.54) is 44.9 Å². The minimum atomic E-state index is -2.08. The lowest BCUT2D eigenvalue weighted by molar-refractivity contribution is -0.119. The molecule has 0 saturated carbocycles. The quantitative estimate of drug-likeness (QED) is 0.0184. The summed E-state index contributed by atoms with van der Waals surface area (Å²) in [6.07, 6.45) is 31.4. The van der Waals surface area contributed by atoms with Gasteiger partial charge in [-0.3, -0.25) is 24.0 Å². The standard InChI is InChI=1S/C65H119N15O12Si4.C33H64N6O5Si2.6CH4/c1-51-47-52(2)75-56(74-51)49-54(81)31-21-15-13-17-23-33-66-59(84)69-36-27-43-93(5,6)91-94(7,8)45-29-38-71-61(86)68-35-25-19-20-26-41-79-63(88)78(4)64(89)80(65(79)90)42-40-73-62(87)72-39-30-46-96(11,12)92-95(9,10)44-28-37-70-60(85)67-34-24-18-14-16-22-32-55(82)50-57-76-53(3)48-58(83)77-57;1-7-8-9-12-15-20-34-32(42)36-22-17-24-45(3,4)44-46(5,6)25-18-23-37-33(43)35-21-16-13-10-11-14-19-29(40)27-30-38-28(2)26-31(41)39-30;;;;;;/h47-48H,1,13-46,49-50H2,2-12H3,(H,74,75)(H2,66,69,84)(H2,67,70,85)(H2,68,71,86)(H2,72,73,87)(H,76,77,83);26H,7-25,27H2,1-6H3,(H2,34,36,42)(H2,35,37,43)(H,38,39,41);6*1H4. The maximum atomic E-state index is 13.4. The number of nitrogens with zero attached hydrogens (tertiary/aromatic N) is 6. The smallest absolute Gasteiger partial charge is 0.336 e. The van der Waals surface area contributed by atoms with Crippen LogP contribution in [0.25, 0.3) is 0 Å². The number of aliphatic imine (C=N–C) groups is 1. The highest BCUT2D eigenvalue weighted by Crippen LogP contribution is 2.27. The van der Waals surface area contributed by atoms with E-state index in [1.54, 1.807) is 13.8 Å². The number of Topliss-reactive ketones (excluding diaryl/α,β-unsaturated/α-hetero) is 3. The number of aromatic amines is 2. The number of nitrogens with one attached hydrogen (secondary N) is 15. The molecule has 0 unspecified atom stereocenters. The van der Waals surface area contributed by atoms with E-state index in [9.17, 15) is 67.1 Å². The Labute approximate surface area is 895 Å². The van der Waals surface area contributed by atoms with Crippen LogP contribution in [0.15, 0.2) is 65.1 Å². The van der Waals surface area contributed by atoms with Crippen LogP contribution in [-0.2, 0) is 59.7 Å².